The summed E-state index contributed by atoms with van der Waals surface area (Å²) in [7, 11) is 0. The Hall–Kier alpha value is -0.730. The fraction of sp³-hybridized carbons (Fsp3) is 0.429. The number of rotatable bonds is 7. The van der Waals surface area contributed by atoms with Crippen LogP contribution in [0.1, 0.15) is 37.8 Å². The summed E-state index contributed by atoms with van der Waals surface area (Å²) in [5.74, 6) is 1.12. The molecule has 2 heteroatoms. The van der Waals surface area contributed by atoms with Gasteiger partial charge >= 0.3 is 0 Å². The largest absolute Gasteiger partial charge is 0.324 e. The topological polar surface area (TPSA) is 26.0 Å². The highest BCUT2D eigenvalue weighted by Gasteiger charge is 2.04. The van der Waals surface area contributed by atoms with Crippen LogP contribution in [0.3, 0.4) is 0 Å². The lowest BCUT2D eigenvalue weighted by atomic mass is 10.0. The Morgan fingerprint density at radius 3 is 2.62 bits per heavy atom. The van der Waals surface area contributed by atoms with Gasteiger partial charge in [-0.1, -0.05) is 25.1 Å². The van der Waals surface area contributed by atoms with E-state index in [-0.39, 0.29) is 6.04 Å². The molecular weight excluding hydrogens is 214 g/mol. The first-order chi connectivity index (χ1) is 7.77. The monoisotopic (exact) mass is 235 g/mol. The Kier molecular flexibility index (Phi) is 6.27. The molecule has 0 saturated heterocycles. The normalized spacial score (nSPS) is 12.4. The molecule has 0 radical (unpaired) electrons. The van der Waals surface area contributed by atoms with E-state index in [1.165, 1.54) is 10.5 Å². The van der Waals surface area contributed by atoms with E-state index in [1.54, 1.807) is 0 Å². The quantitative estimate of drug-likeness (QED) is 0.436. The predicted molar refractivity (Wildman–Crippen MR) is 73.8 cm³/mol. The van der Waals surface area contributed by atoms with Gasteiger partial charge in [-0.3, -0.25) is 0 Å². The van der Waals surface area contributed by atoms with Gasteiger partial charge < -0.3 is 5.73 Å². The van der Waals surface area contributed by atoms with Gasteiger partial charge in [-0.05, 0) is 42.7 Å². The molecular formula is C14H21NS. The van der Waals surface area contributed by atoms with Crippen molar-refractivity contribution >= 4 is 11.8 Å². The van der Waals surface area contributed by atoms with Crippen LogP contribution >= 0.6 is 11.8 Å². The van der Waals surface area contributed by atoms with Crippen molar-refractivity contribution in [1.29, 1.82) is 0 Å². The summed E-state index contributed by atoms with van der Waals surface area (Å²) in [5, 5.41) is 0. The molecule has 1 aromatic rings. The van der Waals surface area contributed by atoms with Crippen molar-refractivity contribution in [2.24, 2.45) is 5.73 Å². The van der Waals surface area contributed by atoms with Gasteiger partial charge in [0.1, 0.15) is 0 Å². The van der Waals surface area contributed by atoms with Gasteiger partial charge in [0.05, 0.1) is 0 Å². The van der Waals surface area contributed by atoms with E-state index < -0.39 is 0 Å². The van der Waals surface area contributed by atoms with Crippen LogP contribution in [0.25, 0.3) is 0 Å². The zero-order valence-electron chi connectivity index (χ0n) is 9.99. The molecule has 0 aliphatic carbocycles. The van der Waals surface area contributed by atoms with Crippen LogP contribution in [0.2, 0.25) is 0 Å². The maximum absolute atomic E-state index is 6.12. The van der Waals surface area contributed by atoms with Gasteiger partial charge in [-0.2, -0.15) is 0 Å². The first kappa shape index (κ1) is 13.3. The molecule has 0 fully saturated rings. The molecule has 0 aliphatic rings. The van der Waals surface area contributed by atoms with Crippen LogP contribution in [0.5, 0.6) is 0 Å². The van der Waals surface area contributed by atoms with E-state index in [9.17, 15) is 0 Å². The summed E-state index contributed by atoms with van der Waals surface area (Å²) in [5.41, 5.74) is 7.36. The van der Waals surface area contributed by atoms with Crippen LogP contribution in [0, 0.1) is 0 Å². The van der Waals surface area contributed by atoms with Crippen molar-refractivity contribution in [2.75, 3.05) is 5.75 Å². The molecule has 2 N–H and O–H groups in total. The fourth-order valence-electron chi connectivity index (χ4n) is 1.63. The van der Waals surface area contributed by atoms with Gasteiger partial charge in [0, 0.05) is 10.9 Å². The van der Waals surface area contributed by atoms with E-state index >= 15 is 0 Å². The third-order valence-electron chi connectivity index (χ3n) is 2.54. The maximum Gasteiger partial charge on any atom is 0.0294 e. The Morgan fingerprint density at radius 2 is 2.06 bits per heavy atom. The van der Waals surface area contributed by atoms with Crippen molar-refractivity contribution < 1.29 is 0 Å². The minimum Gasteiger partial charge on any atom is -0.324 e. The first-order valence-electron chi connectivity index (χ1n) is 5.87. The average Bonchev–Trinajstić information content (AvgIpc) is 2.30. The number of hydrogen-bond acceptors (Lipinski definition) is 2. The second kappa shape index (κ2) is 7.53. The lowest BCUT2D eigenvalue weighted by Crippen LogP contribution is -2.09. The predicted octanol–water partition coefficient (Wildman–Crippen LogP) is 4.15. The van der Waals surface area contributed by atoms with E-state index in [0.29, 0.717) is 0 Å². The Morgan fingerprint density at radius 1 is 1.38 bits per heavy atom. The van der Waals surface area contributed by atoms with Gasteiger partial charge in [0.15, 0.2) is 0 Å². The van der Waals surface area contributed by atoms with Crippen LogP contribution in [0.15, 0.2) is 41.8 Å². The second-order valence-electron chi connectivity index (χ2n) is 3.83. The molecule has 1 nitrogen and oxygen atoms in total. The number of hydrogen-bond donors (Lipinski definition) is 1. The summed E-state index contributed by atoms with van der Waals surface area (Å²) in [6, 6.07) is 8.79. The summed E-state index contributed by atoms with van der Waals surface area (Å²) in [6.07, 6.45) is 5.16. The Bertz CT molecular complexity index is 305. The summed E-state index contributed by atoms with van der Waals surface area (Å²) >= 11 is 1.86. The number of allylic oxidation sites excluding steroid dienone is 1. The summed E-state index contributed by atoms with van der Waals surface area (Å²) in [6.45, 7) is 5.89. The van der Waals surface area contributed by atoms with E-state index in [4.69, 9.17) is 5.73 Å². The van der Waals surface area contributed by atoms with Crippen molar-refractivity contribution in [3.63, 3.8) is 0 Å². The standard InChI is InChI=1S/C14H21NS/c1-3-5-6-7-14(15)12-8-10-13(11-9-12)16-4-2/h3,8-11,14H,1,4-7,15H2,2H3. The molecule has 0 saturated carbocycles. The highest BCUT2D eigenvalue weighted by atomic mass is 32.2. The zero-order valence-corrected chi connectivity index (χ0v) is 10.8. The molecule has 0 aliphatic heterocycles. The molecule has 1 aromatic carbocycles. The smallest absolute Gasteiger partial charge is 0.0294 e. The molecule has 0 bridgehead atoms. The molecule has 1 rings (SSSR count). The van der Waals surface area contributed by atoms with Crippen LogP contribution in [-0.4, -0.2) is 5.75 Å². The highest BCUT2D eigenvalue weighted by molar-refractivity contribution is 7.99. The number of unbranched alkanes of at least 4 members (excludes halogenated alkanes) is 1. The van der Waals surface area contributed by atoms with Gasteiger partial charge in [0.2, 0.25) is 0 Å². The third-order valence-corrected chi connectivity index (χ3v) is 3.44. The van der Waals surface area contributed by atoms with Crippen LogP contribution in [0.4, 0.5) is 0 Å². The minimum atomic E-state index is 0.167. The van der Waals surface area contributed by atoms with E-state index in [1.807, 2.05) is 17.8 Å². The molecule has 0 amide bonds. The van der Waals surface area contributed by atoms with Gasteiger partial charge in [0.25, 0.3) is 0 Å². The third kappa shape index (κ3) is 4.42. The Labute approximate surface area is 103 Å². The lowest BCUT2D eigenvalue weighted by molar-refractivity contribution is 0.617. The van der Waals surface area contributed by atoms with Crippen molar-refractivity contribution in [2.45, 2.75) is 37.1 Å². The number of thioether (sulfide) groups is 1. The number of nitrogens with two attached hydrogens (primary N) is 1. The molecule has 1 unspecified atom stereocenters. The van der Waals surface area contributed by atoms with E-state index in [2.05, 4.69) is 37.8 Å². The minimum absolute atomic E-state index is 0.167. The Balaban J connectivity index is 2.48. The average molecular weight is 235 g/mol. The van der Waals surface area contributed by atoms with Crippen LogP contribution in [-0.2, 0) is 0 Å². The maximum atomic E-state index is 6.12. The van der Waals surface area contributed by atoms with Crippen LogP contribution < -0.4 is 5.73 Å². The molecule has 0 aromatic heterocycles. The molecule has 1 atom stereocenters. The summed E-state index contributed by atoms with van der Waals surface area (Å²) < 4.78 is 0. The molecule has 88 valence electrons. The zero-order chi connectivity index (χ0) is 11.8. The first-order valence-corrected chi connectivity index (χ1v) is 6.85. The summed E-state index contributed by atoms with van der Waals surface area (Å²) in [4.78, 5) is 1.32. The van der Waals surface area contributed by atoms with Gasteiger partial charge in [-0.15, -0.1) is 18.3 Å². The second-order valence-corrected chi connectivity index (χ2v) is 5.17. The lowest BCUT2D eigenvalue weighted by Gasteiger charge is -2.11. The molecule has 16 heavy (non-hydrogen) atoms. The highest BCUT2D eigenvalue weighted by Crippen LogP contribution is 2.22. The molecule has 0 heterocycles. The van der Waals surface area contributed by atoms with Crippen molar-refractivity contribution in [3.05, 3.63) is 42.5 Å². The van der Waals surface area contributed by atoms with Crippen molar-refractivity contribution in [3.8, 4) is 0 Å². The molecule has 0 spiro atoms. The van der Waals surface area contributed by atoms with E-state index in [0.717, 1.165) is 25.0 Å². The number of benzene rings is 1. The fourth-order valence-corrected chi connectivity index (χ4v) is 2.29. The SMILES string of the molecule is C=CCCCC(N)c1ccc(SCC)cc1. The van der Waals surface area contributed by atoms with Crippen molar-refractivity contribution in [1.82, 2.24) is 0 Å². The van der Waals surface area contributed by atoms with Gasteiger partial charge in [-0.25, -0.2) is 0 Å².